The van der Waals surface area contributed by atoms with Crippen molar-refractivity contribution >= 4 is 17.6 Å². The van der Waals surface area contributed by atoms with E-state index in [-0.39, 0.29) is 11.6 Å². The number of methoxy groups -OCH3 is 1. The molecular weight excluding hydrogens is 353 g/mol. The van der Waals surface area contributed by atoms with Crippen LogP contribution in [0.5, 0.6) is 11.5 Å². The summed E-state index contributed by atoms with van der Waals surface area (Å²) >= 11 is 1.40. The van der Waals surface area contributed by atoms with Gasteiger partial charge in [-0.2, -0.15) is 5.10 Å². The highest BCUT2D eigenvalue weighted by atomic mass is 32.1. The molecule has 0 fully saturated rings. The highest BCUT2D eigenvalue weighted by Gasteiger charge is 2.11. The summed E-state index contributed by atoms with van der Waals surface area (Å²) in [5, 5.41) is 16.0. The molecule has 0 radical (unpaired) electrons. The fourth-order valence-electron chi connectivity index (χ4n) is 2.41. The number of phenols is 1. The molecule has 1 heterocycles. The summed E-state index contributed by atoms with van der Waals surface area (Å²) < 4.78 is 20.9. The van der Waals surface area contributed by atoms with Gasteiger partial charge in [0.25, 0.3) is 0 Å². The first-order valence-electron chi connectivity index (χ1n) is 8.01. The molecule has 1 N–H and O–H groups in total. The van der Waals surface area contributed by atoms with Gasteiger partial charge >= 0.3 is 0 Å². The van der Waals surface area contributed by atoms with Crippen LogP contribution in [0.1, 0.15) is 12.5 Å². The normalized spacial score (nSPS) is 12.0. The minimum absolute atomic E-state index is 0.0570. The lowest BCUT2D eigenvalue weighted by molar-refractivity contribution is 0.373. The molecule has 134 valence electrons. The van der Waals surface area contributed by atoms with Gasteiger partial charge in [-0.15, -0.1) is 11.3 Å². The molecule has 0 bridgehead atoms. The first kappa shape index (κ1) is 17.9. The van der Waals surface area contributed by atoms with E-state index >= 15 is 0 Å². The van der Waals surface area contributed by atoms with Crippen molar-refractivity contribution in [3.8, 4) is 22.8 Å². The van der Waals surface area contributed by atoms with E-state index in [0.717, 1.165) is 5.56 Å². The maximum Gasteiger partial charge on any atom is 0.206 e. The van der Waals surface area contributed by atoms with Crippen LogP contribution in [0.15, 0.2) is 57.9 Å². The molecule has 3 aromatic rings. The Labute approximate surface area is 154 Å². The van der Waals surface area contributed by atoms with Crippen LogP contribution in [0.3, 0.4) is 0 Å². The van der Waals surface area contributed by atoms with E-state index in [4.69, 9.17) is 4.74 Å². The summed E-state index contributed by atoms with van der Waals surface area (Å²) in [5.41, 5.74) is 1.82. The number of nitrogens with zero attached hydrogens (tertiary/aromatic N) is 3. The molecule has 5 nitrogen and oxygen atoms in total. The third-order valence-electron chi connectivity index (χ3n) is 3.65. The largest absolute Gasteiger partial charge is 0.504 e. The summed E-state index contributed by atoms with van der Waals surface area (Å²) in [6.07, 6.45) is 1.62. The fourth-order valence-corrected chi connectivity index (χ4v) is 3.30. The van der Waals surface area contributed by atoms with Crippen molar-refractivity contribution in [3.63, 3.8) is 0 Å². The Morgan fingerprint density at radius 2 is 2.08 bits per heavy atom. The molecule has 0 unspecified atom stereocenters. The zero-order valence-electron chi connectivity index (χ0n) is 14.4. The molecule has 0 spiro atoms. The third-order valence-corrected chi connectivity index (χ3v) is 4.51. The first-order chi connectivity index (χ1) is 12.6. The summed E-state index contributed by atoms with van der Waals surface area (Å²) in [4.78, 5) is 5.10. The zero-order chi connectivity index (χ0) is 18.5. The van der Waals surface area contributed by atoms with Gasteiger partial charge in [-0.05, 0) is 42.8 Å². The quantitative estimate of drug-likeness (QED) is 0.692. The lowest BCUT2D eigenvalue weighted by atomic mass is 10.1. The number of hydrogen-bond acceptors (Lipinski definition) is 5. The molecule has 2 aromatic carbocycles. The van der Waals surface area contributed by atoms with Crippen molar-refractivity contribution in [2.75, 3.05) is 13.7 Å². The molecule has 0 aliphatic rings. The lowest BCUT2D eigenvalue weighted by Crippen LogP contribution is -2.12. The second kappa shape index (κ2) is 7.97. The highest BCUT2D eigenvalue weighted by molar-refractivity contribution is 7.07. The van der Waals surface area contributed by atoms with Crippen LogP contribution in [0, 0.1) is 5.82 Å². The van der Waals surface area contributed by atoms with Gasteiger partial charge < -0.3 is 9.84 Å². The maximum atomic E-state index is 14.2. The van der Waals surface area contributed by atoms with Crippen molar-refractivity contribution < 1.29 is 14.2 Å². The number of phenolic OH excluding ortho intramolecular Hbond substituents is 1. The molecular formula is C19H18FN3O2S. The van der Waals surface area contributed by atoms with E-state index in [1.165, 1.54) is 30.6 Å². The van der Waals surface area contributed by atoms with Crippen LogP contribution in [-0.2, 0) is 0 Å². The number of ether oxygens (including phenoxy) is 1. The Morgan fingerprint density at radius 3 is 2.81 bits per heavy atom. The summed E-state index contributed by atoms with van der Waals surface area (Å²) in [6.45, 7) is 2.53. The lowest BCUT2D eigenvalue weighted by Gasteiger charge is -2.06. The summed E-state index contributed by atoms with van der Waals surface area (Å²) in [7, 11) is 1.48. The number of hydrogen-bond donors (Lipinski definition) is 1. The Kier molecular flexibility index (Phi) is 5.48. The van der Waals surface area contributed by atoms with E-state index in [1.807, 2.05) is 12.3 Å². The highest BCUT2D eigenvalue weighted by Crippen LogP contribution is 2.26. The van der Waals surface area contributed by atoms with E-state index in [2.05, 4.69) is 10.1 Å². The fraction of sp³-hybridized carbons (Fsp3) is 0.158. The maximum absolute atomic E-state index is 14.2. The zero-order valence-corrected chi connectivity index (χ0v) is 15.2. The molecule has 26 heavy (non-hydrogen) atoms. The Hall–Kier alpha value is -2.93. The van der Waals surface area contributed by atoms with Gasteiger partial charge in [-0.3, -0.25) is 4.99 Å². The smallest absolute Gasteiger partial charge is 0.206 e. The molecule has 0 aliphatic heterocycles. The predicted octanol–water partition coefficient (Wildman–Crippen LogP) is 3.87. The molecule has 0 atom stereocenters. The number of benzene rings is 2. The van der Waals surface area contributed by atoms with Crippen LogP contribution in [0.4, 0.5) is 4.39 Å². The number of rotatable bonds is 5. The average Bonchev–Trinajstić information content (AvgIpc) is 3.04. The third kappa shape index (κ3) is 3.67. The topological polar surface area (TPSA) is 59.1 Å². The van der Waals surface area contributed by atoms with Crippen molar-refractivity contribution in [1.82, 2.24) is 4.68 Å². The second-order valence-corrected chi connectivity index (χ2v) is 6.18. The van der Waals surface area contributed by atoms with Crippen molar-refractivity contribution in [3.05, 3.63) is 64.0 Å². The minimum atomic E-state index is -0.316. The Bertz CT molecular complexity index is 1010. The van der Waals surface area contributed by atoms with Crippen LogP contribution >= 0.6 is 11.3 Å². The molecule has 0 amide bonds. The molecule has 3 rings (SSSR count). The SMILES string of the molecule is CCN=c1scc(-c2ccccc2F)n1/N=C/c1ccc(O)c(OC)c1. The van der Waals surface area contributed by atoms with Gasteiger partial charge in [0, 0.05) is 17.5 Å². The number of aromatic nitrogens is 1. The van der Waals surface area contributed by atoms with Gasteiger partial charge in [0.05, 0.1) is 19.0 Å². The second-order valence-electron chi connectivity index (χ2n) is 5.35. The monoisotopic (exact) mass is 371 g/mol. The summed E-state index contributed by atoms with van der Waals surface area (Å²) in [6, 6.07) is 11.5. The molecule has 0 saturated heterocycles. The minimum Gasteiger partial charge on any atom is -0.504 e. The summed E-state index contributed by atoms with van der Waals surface area (Å²) in [5.74, 6) is 0.0993. The van der Waals surface area contributed by atoms with Crippen LogP contribution < -0.4 is 9.54 Å². The van der Waals surface area contributed by atoms with E-state index in [1.54, 1.807) is 41.2 Å². The Morgan fingerprint density at radius 1 is 1.27 bits per heavy atom. The predicted molar refractivity (Wildman–Crippen MR) is 101 cm³/mol. The van der Waals surface area contributed by atoms with Gasteiger partial charge in [0.2, 0.25) is 4.80 Å². The number of aromatic hydroxyl groups is 1. The van der Waals surface area contributed by atoms with Crippen LogP contribution in [0.25, 0.3) is 11.3 Å². The Balaban J connectivity index is 2.08. The molecule has 0 aliphatic carbocycles. The average molecular weight is 371 g/mol. The van der Waals surface area contributed by atoms with Crippen molar-refractivity contribution in [2.45, 2.75) is 6.92 Å². The van der Waals surface area contributed by atoms with E-state index in [0.29, 0.717) is 28.4 Å². The van der Waals surface area contributed by atoms with E-state index in [9.17, 15) is 9.50 Å². The van der Waals surface area contributed by atoms with Gasteiger partial charge in [0.1, 0.15) is 5.82 Å². The number of halogens is 1. The van der Waals surface area contributed by atoms with E-state index < -0.39 is 0 Å². The van der Waals surface area contributed by atoms with Crippen molar-refractivity contribution in [1.29, 1.82) is 0 Å². The molecule has 0 saturated carbocycles. The molecule has 7 heteroatoms. The number of thiazole rings is 1. The van der Waals surface area contributed by atoms with Gasteiger partial charge in [-0.25, -0.2) is 9.07 Å². The standard InChI is InChI=1S/C19H18FN3O2S/c1-3-21-19-23(16(12-26-19)14-6-4-5-7-15(14)20)22-11-13-8-9-17(24)18(10-13)25-2/h4-12,24H,3H2,1-2H3/b21-19?,22-11+. The van der Waals surface area contributed by atoms with Crippen LogP contribution in [0.2, 0.25) is 0 Å². The van der Waals surface area contributed by atoms with Crippen molar-refractivity contribution in [2.24, 2.45) is 10.1 Å². The van der Waals surface area contributed by atoms with Gasteiger partial charge in [0.15, 0.2) is 11.5 Å². The first-order valence-corrected chi connectivity index (χ1v) is 8.89. The molecule has 1 aromatic heterocycles. The van der Waals surface area contributed by atoms with Gasteiger partial charge in [-0.1, -0.05) is 12.1 Å². The van der Waals surface area contributed by atoms with Crippen LogP contribution in [-0.4, -0.2) is 29.7 Å².